The molecule has 0 radical (unpaired) electrons. The molecule has 140 valence electrons. The molecule has 7 heteroatoms. The molecular weight excluding hydrogens is 340 g/mol. The van der Waals surface area contributed by atoms with Gasteiger partial charge in [-0.25, -0.2) is 5.10 Å². The first-order valence-electron chi connectivity index (χ1n) is 9.21. The molecule has 2 aliphatic carbocycles. The van der Waals surface area contributed by atoms with Gasteiger partial charge in [0, 0.05) is 12.1 Å². The summed E-state index contributed by atoms with van der Waals surface area (Å²) < 4.78 is 0. The fourth-order valence-corrected chi connectivity index (χ4v) is 4.68. The Labute approximate surface area is 154 Å². The summed E-state index contributed by atoms with van der Waals surface area (Å²) in [5.74, 6) is 0.628. The molecule has 2 fully saturated rings. The number of H-pyrrole nitrogens is 1. The van der Waals surface area contributed by atoms with Gasteiger partial charge < -0.3 is 11.1 Å². The molecule has 1 amide bonds. The van der Waals surface area contributed by atoms with Crippen molar-refractivity contribution < 1.29 is 4.79 Å². The third kappa shape index (κ3) is 3.90. The summed E-state index contributed by atoms with van der Waals surface area (Å²) in [6, 6.07) is 0.393. The van der Waals surface area contributed by atoms with E-state index < -0.39 is 0 Å². The topological polar surface area (TPSA) is 101 Å². The summed E-state index contributed by atoms with van der Waals surface area (Å²) in [4.78, 5) is 25.2. The molecule has 0 saturated heterocycles. The molecule has 2 aliphatic rings. The minimum absolute atomic E-state index is 0. The molecule has 0 spiro atoms. The molecule has 4 N–H and O–H groups in total. The lowest BCUT2D eigenvalue weighted by atomic mass is 9.67. The van der Waals surface area contributed by atoms with Crippen molar-refractivity contribution in [1.82, 2.24) is 15.5 Å². The highest BCUT2D eigenvalue weighted by molar-refractivity contribution is 5.95. The minimum atomic E-state index is -0.390. The quantitative estimate of drug-likeness (QED) is 0.756. The van der Waals surface area contributed by atoms with Crippen LogP contribution in [0.2, 0.25) is 0 Å². The van der Waals surface area contributed by atoms with Gasteiger partial charge >= 0.3 is 0 Å². The Bertz CT molecular complexity index is 662. The summed E-state index contributed by atoms with van der Waals surface area (Å²) >= 11 is 0. The standard InChI is InChI=1S/C18H28N4O2.ClH/c1-3-13-14(4-2)21-22-18(24)15(13)17(23)20-16-10-6-5-7-11(16)9-12(19)8-10;/h10-12,16H,3-9,19H2,1-2H3,(H,20,23)(H,22,24);1H. The molecular formula is C18H29ClN4O2. The van der Waals surface area contributed by atoms with Crippen LogP contribution in [0.3, 0.4) is 0 Å². The Kier molecular flexibility index (Phi) is 6.63. The first kappa shape index (κ1) is 19.9. The highest BCUT2D eigenvalue weighted by Gasteiger charge is 2.40. The molecule has 6 nitrogen and oxygen atoms in total. The zero-order valence-electron chi connectivity index (χ0n) is 15.0. The van der Waals surface area contributed by atoms with Crippen molar-refractivity contribution in [2.45, 2.75) is 70.9 Å². The van der Waals surface area contributed by atoms with Gasteiger partial charge in [0.1, 0.15) is 5.56 Å². The normalized spacial score (nSPS) is 28.1. The third-order valence-corrected chi connectivity index (χ3v) is 5.76. The number of carbonyl (C=O) groups is 1. The molecule has 1 heterocycles. The zero-order chi connectivity index (χ0) is 17.3. The van der Waals surface area contributed by atoms with Crippen LogP contribution in [0.5, 0.6) is 0 Å². The van der Waals surface area contributed by atoms with E-state index in [-0.39, 0.29) is 41.5 Å². The van der Waals surface area contributed by atoms with Gasteiger partial charge in [-0.3, -0.25) is 9.59 Å². The van der Waals surface area contributed by atoms with Crippen molar-refractivity contribution in [2.75, 3.05) is 0 Å². The lowest BCUT2D eigenvalue weighted by molar-refractivity contribution is 0.0753. The first-order chi connectivity index (χ1) is 11.5. The average Bonchev–Trinajstić information content (AvgIpc) is 2.55. The number of hydrogen-bond acceptors (Lipinski definition) is 4. The summed E-state index contributed by atoms with van der Waals surface area (Å²) in [5.41, 5.74) is 7.59. The first-order valence-corrected chi connectivity index (χ1v) is 9.21. The van der Waals surface area contributed by atoms with Gasteiger partial charge in [-0.15, -0.1) is 12.4 Å². The third-order valence-electron chi connectivity index (χ3n) is 5.76. The molecule has 2 saturated carbocycles. The number of amides is 1. The molecule has 25 heavy (non-hydrogen) atoms. The van der Waals surface area contributed by atoms with Crippen LogP contribution in [-0.4, -0.2) is 28.2 Å². The van der Waals surface area contributed by atoms with Gasteiger partial charge in [0.15, 0.2) is 0 Å². The van der Waals surface area contributed by atoms with Gasteiger partial charge in [0.25, 0.3) is 11.5 Å². The van der Waals surface area contributed by atoms with E-state index in [9.17, 15) is 9.59 Å². The van der Waals surface area contributed by atoms with Gasteiger partial charge in [0.2, 0.25) is 0 Å². The largest absolute Gasteiger partial charge is 0.349 e. The number of nitrogens with one attached hydrogen (secondary N) is 2. The number of rotatable bonds is 4. The molecule has 0 aromatic carbocycles. The van der Waals surface area contributed by atoms with E-state index in [1.54, 1.807) is 0 Å². The van der Waals surface area contributed by atoms with Crippen molar-refractivity contribution in [1.29, 1.82) is 0 Å². The Morgan fingerprint density at radius 3 is 2.44 bits per heavy atom. The predicted octanol–water partition coefficient (Wildman–Crippen LogP) is 1.95. The smallest absolute Gasteiger partial charge is 0.277 e. The molecule has 3 rings (SSSR count). The Morgan fingerprint density at radius 1 is 1.24 bits per heavy atom. The summed E-state index contributed by atoms with van der Waals surface area (Å²) in [5, 5.41) is 9.76. The van der Waals surface area contributed by atoms with E-state index in [0.29, 0.717) is 24.7 Å². The lowest BCUT2D eigenvalue weighted by Crippen LogP contribution is -2.54. The number of aromatic amines is 1. The van der Waals surface area contributed by atoms with Crippen LogP contribution in [0.15, 0.2) is 4.79 Å². The van der Waals surface area contributed by atoms with Crippen LogP contribution in [0.25, 0.3) is 0 Å². The van der Waals surface area contributed by atoms with Crippen LogP contribution >= 0.6 is 12.4 Å². The number of nitrogens with two attached hydrogens (primary N) is 1. The highest BCUT2D eigenvalue weighted by atomic mass is 35.5. The monoisotopic (exact) mass is 368 g/mol. The number of halogens is 1. The maximum absolute atomic E-state index is 12.9. The second kappa shape index (κ2) is 8.32. The highest BCUT2D eigenvalue weighted by Crippen LogP contribution is 2.39. The van der Waals surface area contributed by atoms with Crippen LogP contribution in [0.1, 0.15) is 67.6 Å². The predicted molar refractivity (Wildman–Crippen MR) is 100 cm³/mol. The van der Waals surface area contributed by atoms with E-state index in [1.165, 1.54) is 6.42 Å². The van der Waals surface area contributed by atoms with Crippen LogP contribution < -0.4 is 16.6 Å². The summed E-state index contributed by atoms with van der Waals surface area (Å²) in [6.07, 6.45) is 6.70. The van der Waals surface area contributed by atoms with Crippen molar-refractivity contribution in [3.05, 3.63) is 27.2 Å². The number of nitrogens with zero attached hydrogens (tertiary/aromatic N) is 1. The SMILES string of the molecule is CCc1n[nH]c(=O)c(C(=O)NC2C3CCCC2CC(N)C3)c1CC.Cl. The van der Waals surface area contributed by atoms with E-state index in [1.807, 2.05) is 13.8 Å². The number of aryl methyl sites for hydroxylation is 1. The summed E-state index contributed by atoms with van der Waals surface area (Å²) in [6.45, 7) is 3.94. The molecule has 2 unspecified atom stereocenters. The maximum Gasteiger partial charge on any atom is 0.277 e. The van der Waals surface area contributed by atoms with E-state index in [0.717, 1.165) is 36.9 Å². The van der Waals surface area contributed by atoms with Crippen molar-refractivity contribution in [2.24, 2.45) is 17.6 Å². The fraction of sp³-hybridized carbons (Fsp3) is 0.722. The second-order valence-corrected chi connectivity index (χ2v) is 7.24. The number of hydrogen-bond donors (Lipinski definition) is 3. The number of carbonyl (C=O) groups excluding carboxylic acids is 1. The molecule has 2 bridgehead atoms. The van der Waals surface area contributed by atoms with Crippen molar-refractivity contribution >= 4 is 18.3 Å². The Balaban J connectivity index is 0.00000225. The minimum Gasteiger partial charge on any atom is -0.349 e. The van der Waals surface area contributed by atoms with Gasteiger partial charge in [-0.05, 0) is 55.9 Å². The molecule has 1 aromatic heterocycles. The zero-order valence-corrected chi connectivity index (χ0v) is 15.8. The molecule has 2 atom stereocenters. The van der Waals surface area contributed by atoms with Crippen molar-refractivity contribution in [3.8, 4) is 0 Å². The lowest BCUT2D eigenvalue weighted by Gasteiger charge is -2.45. The van der Waals surface area contributed by atoms with E-state index >= 15 is 0 Å². The van der Waals surface area contributed by atoms with Gasteiger partial charge in [-0.2, -0.15) is 5.10 Å². The van der Waals surface area contributed by atoms with Crippen LogP contribution in [0, 0.1) is 11.8 Å². The van der Waals surface area contributed by atoms with E-state index in [2.05, 4.69) is 15.5 Å². The second-order valence-electron chi connectivity index (χ2n) is 7.24. The maximum atomic E-state index is 12.9. The number of fused-ring (bicyclic) bond motifs is 2. The van der Waals surface area contributed by atoms with Crippen molar-refractivity contribution in [3.63, 3.8) is 0 Å². The number of aromatic nitrogens is 2. The molecule has 0 aliphatic heterocycles. The molecule has 1 aromatic rings. The van der Waals surface area contributed by atoms with Crippen LogP contribution in [0.4, 0.5) is 0 Å². The van der Waals surface area contributed by atoms with Crippen LogP contribution in [-0.2, 0) is 12.8 Å². The van der Waals surface area contributed by atoms with Gasteiger partial charge in [-0.1, -0.05) is 20.3 Å². The Hall–Kier alpha value is -1.40. The fourth-order valence-electron chi connectivity index (χ4n) is 4.68. The van der Waals surface area contributed by atoms with E-state index in [4.69, 9.17) is 5.73 Å². The Morgan fingerprint density at radius 2 is 1.88 bits per heavy atom. The van der Waals surface area contributed by atoms with Gasteiger partial charge in [0.05, 0.1) is 5.69 Å². The average molecular weight is 369 g/mol. The summed E-state index contributed by atoms with van der Waals surface area (Å²) in [7, 11) is 0.